The number of hydrogen-bond donors (Lipinski definition) is 1. The van der Waals surface area contributed by atoms with Crippen LogP contribution in [0.1, 0.15) is 11.4 Å². The van der Waals surface area contributed by atoms with E-state index in [0.29, 0.717) is 38.8 Å². The average Bonchev–Trinajstić information content (AvgIpc) is 3.39. The second-order valence-electron chi connectivity index (χ2n) is 5.99. The van der Waals surface area contributed by atoms with Crippen LogP contribution in [0.2, 0.25) is 0 Å². The van der Waals surface area contributed by atoms with Crippen LogP contribution in [0.25, 0.3) is 22.2 Å². The fraction of sp³-hybridized carbons (Fsp3) is 0.118. The largest absolute Gasteiger partial charge is 0.461 e. The van der Waals surface area contributed by atoms with E-state index in [1.807, 2.05) is 12.3 Å². The lowest BCUT2D eigenvalue weighted by Crippen LogP contribution is -2.14. The molecule has 5 aromatic heterocycles. The Hall–Kier alpha value is -3.18. The van der Waals surface area contributed by atoms with Crippen molar-refractivity contribution in [3.63, 3.8) is 0 Å². The molecule has 0 bridgehead atoms. The summed E-state index contributed by atoms with van der Waals surface area (Å²) in [7, 11) is 0. The van der Waals surface area contributed by atoms with Crippen LogP contribution in [0, 0.1) is 6.92 Å². The third-order valence-electron chi connectivity index (χ3n) is 4.04. The minimum absolute atomic E-state index is 0.113. The molecule has 0 fully saturated rings. The van der Waals surface area contributed by atoms with E-state index in [2.05, 4.69) is 20.1 Å². The van der Waals surface area contributed by atoms with Gasteiger partial charge in [0.25, 0.3) is 11.1 Å². The molecule has 5 heterocycles. The van der Waals surface area contributed by atoms with Gasteiger partial charge in [-0.05, 0) is 19.1 Å². The highest BCUT2D eigenvalue weighted by Gasteiger charge is 2.14. The number of hydrogen-bond acceptors (Lipinski definition) is 8. The van der Waals surface area contributed by atoms with E-state index >= 15 is 0 Å². The van der Waals surface area contributed by atoms with E-state index in [0.717, 1.165) is 5.69 Å². The smallest absolute Gasteiger partial charge is 0.266 e. The first-order chi connectivity index (χ1) is 13.6. The molecule has 1 N–H and O–H groups in total. The maximum absolute atomic E-state index is 12.3. The van der Waals surface area contributed by atoms with Crippen LogP contribution >= 0.6 is 23.1 Å². The topological polar surface area (TPSA) is 111 Å². The molecule has 5 rings (SSSR count). The third kappa shape index (κ3) is 2.84. The number of aromatic amines is 1. The molecular weight excluding hydrogens is 400 g/mol. The zero-order valence-electron chi connectivity index (χ0n) is 14.4. The van der Waals surface area contributed by atoms with Crippen molar-refractivity contribution < 1.29 is 4.42 Å². The molecule has 0 aromatic carbocycles. The monoisotopic (exact) mass is 412 g/mol. The Kier molecular flexibility index (Phi) is 3.91. The number of H-pyrrole nitrogens is 1. The first kappa shape index (κ1) is 17.0. The predicted molar refractivity (Wildman–Crippen MR) is 105 cm³/mol. The normalized spacial score (nSPS) is 11.6. The summed E-state index contributed by atoms with van der Waals surface area (Å²) in [6, 6.07) is 6.41. The molecule has 0 aliphatic carbocycles. The zero-order chi connectivity index (χ0) is 19.3. The maximum atomic E-state index is 12.3. The number of nitrogens with one attached hydrogen (secondary N) is 1. The van der Waals surface area contributed by atoms with Crippen molar-refractivity contribution in [3.05, 3.63) is 68.0 Å². The second-order valence-corrected chi connectivity index (χ2v) is 7.77. The van der Waals surface area contributed by atoms with Crippen LogP contribution in [0.3, 0.4) is 0 Å². The molecule has 28 heavy (non-hydrogen) atoms. The lowest BCUT2D eigenvalue weighted by molar-refractivity contribution is 0.574. The minimum Gasteiger partial charge on any atom is -0.461 e. The fourth-order valence-electron chi connectivity index (χ4n) is 2.81. The first-order valence-corrected chi connectivity index (χ1v) is 10.1. The van der Waals surface area contributed by atoms with E-state index in [4.69, 9.17) is 4.42 Å². The molecule has 0 radical (unpaired) electrons. The summed E-state index contributed by atoms with van der Waals surface area (Å²) in [4.78, 5) is 38.2. The quantitative estimate of drug-likeness (QED) is 0.451. The molecule has 0 atom stereocenters. The van der Waals surface area contributed by atoms with E-state index in [9.17, 15) is 9.59 Å². The Bertz CT molecular complexity index is 1430. The summed E-state index contributed by atoms with van der Waals surface area (Å²) >= 11 is 2.77. The van der Waals surface area contributed by atoms with Crippen molar-refractivity contribution in [2.75, 3.05) is 0 Å². The molecule has 140 valence electrons. The van der Waals surface area contributed by atoms with Crippen molar-refractivity contribution in [2.24, 2.45) is 0 Å². The van der Waals surface area contributed by atoms with Crippen LogP contribution < -0.4 is 11.1 Å². The van der Waals surface area contributed by atoms with Crippen molar-refractivity contribution in [1.82, 2.24) is 29.0 Å². The highest BCUT2D eigenvalue weighted by Crippen LogP contribution is 2.24. The minimum atomic E-state index is -0.278. The van der Waals surface area contributed by atoms with E-state index in [-0.39, 0.29) is 11.1 Å². The highest BCUT2D eigenvalue weighted by molar-refractivity contribution is 7.98. The van der Waals surface area contributed by atoms with Gasteiger partial charge in [0.05, 0.1) is 12.0 Å². The van der Waals surface area contributed by atoms with Gasteiger partial charge in [-0.15, -0.1) is 11.3 Å². The highest BCUT2D eigenvalue weighted by atomic mass is 32.2. The van der Waals surface area contributed by atoms with Gasteiger partial charge in [0.1, 0.15) is 0 Å². The Morgan fingerprint density at radius 3 is 2.96 bits per heavy atom. The van der Waals surface area contributed by atoms with Crippen molar-refractivity contribution in [2.45, 2.75) is 17.8 Å². The number of furan rings is 1. The van der Waals surface area contributed by atoms with Gasteiger partial charge >= 0.3 is 0 Å². The van der Waals surface area contributed by atoms with E-state index in [1.165, 1.54) is 46.0 Å². The van der Waals surface area contributed by atoms with E-state index < -0.39 is 0 Å². The molecule has 0 aliphatic heterocycles. The van der Waals surface area contributed by atoms with Gasteiger partial charge in [0, 0.05) is 29.0 Å². The number of aromatic nitrogens is 6. The van der Waals surface area contributed by atoms with Crippen molar-refractivity contribution in [3.8, 4) is 11.6 Å². The van der Waals surface area contributed by atoms with Crippen LogP contribution in [0.5, 0.6) is 0 Å². The summed E-state index contributed by atoms with van der Waals surface area (Å²) in [5.74, 6) is 1.29. The number of thiazole rings is 1. The molecule has 0 saturated carbocycles. The molecular formula is C17H12N6O3S2. The average molecular weight is 412 g/mol. The first-order valence-electron chi connectivity index (χ1n) is 8.22. The van der Waals surface area contributed by atoms with Gasteiger partial charge in [0.2, 0.25) is 0 Å². The summed E-state index contributed by atoms with van der Waals surface area (Å²) < 4.78 is 8.47. The summed E-state index contributed by atoms with van der Waals surface area (Å²) in [6.07, 6.45) is 1.54. The number of rotatable bonds is 4. The summed E-state index contributed by atoms with van der Waals surface area (Å²) in [5, 5.41) is 5.09. The molecule has 0 unspecified atom stereocenters. The molecule has 0 spiro atoms. The SMILES string of the molecule is Cc1csc2nc(CSc3nc(-c4ccco4)nc4cc(=O)[nH]n34)cc(=O)n12. The lowest BCUT2D eigenvalue weighted by atomic mass is 10.4. The second kappa shape index (κ2) is 6.46. The fourth-order valence-corrected chi connectivity index (χ4v) is 4.54. The van der Waals surface area contributed by atoms with Gasteiger partial charge in [-0.25, -0.2) is 14.5 Å². The number of aryl methyl sites for hydroxylation is 1. The van der Waals surface area contributed by atoms with Gasteiger partial charge < -0.3 is 4.42 Å². The zero-order valence-corrected chi connectivity index (χ0v) is 16.1. The van der Waals surface area contributed by atoms with Gasteiger partial charge in [0.15, 0.2) is 27.3 Å². The lowest BCUT2D eigenvalue weighted by Gasteiger charge is -2.06. The molecule has 11 heteroatoms. The Morgan fingerprint density at radius 2 is 2.14 bits per heavy atom. The van der Waals surface area contributed by atoms with Gasteiger partial charge in [-0.2, -0.15) is 4.98 Å². The van der Waals surface area contributed by atoms with Gasteiger partial charge in [-0.3, -0.25) is 19.1 Å². The van der Waals surface area contributed by atoms with E-state index in [1.54, 1.807) is 16.5 Å². The Balaban J connectivity index is 1.54. The summed E-state index contributed by atoms with van der Waals surface area (Å²) in [5.41, 5.74) is 1.54. The van der Waals surface area contributed by atoms with Crippen LogP contribution in [0.4, 0.5) is 0 Å². The molecule has 5 aromatic rings. The van der Waals surface area contributed by atoms with Gasteiger partial charge in [-0.1, -0.05) is 11.8 Å². The number of thioether (sulfide) groups is 1. The Morgan fingerprint density at radius 1 is 1.25 bits per heavy atom. The van der Waals surface area contributed by atoms with Crippen LogP contribution in [-0.4, -0.2) is 29.0 Å². The summed E-state index contributed by atoms with van der Waals surface area (Å²) in [6.45, 7) is 1.87. The molecule has 0 aliphatic rings. The number of nitrogens with zero attached hydrogens (tertiary/aromatic N) is 5. The van der Waals surface area contributed by atoms with Crippen LogP contribution in [-0.2, 0) is 5.75 Å². The maximum Gasteiger partial charge on any atom is 0.266 e. The number of fused-ring (bicyclic) bond motifs is 2. The van der Waals surface area contributed by atoms with Crippen molar-refractivity contribution in [1.29, 1.82) is 0 Å². The standard InChI is InChI=1S/C17H12N6O3S2/c1-9-7-27-16-18-10(5-14(25)22(9)16)8-28-17-20-15(11-3-2-4-26-11)19-12-6-13(24)21-23(12)17/h2-7H,8H2,1H3,(H,21,24). The van der Waals surface area contributed by atoms with Crippen molar-refractivity contribution >= 4 is 33.7 Å². The predicted octanol–water partition coefficient (Wildman–Crippen LogP) is 2.35. The Labute approximate surface area is 164 Å². The third-order valence-corrected chi connectivity index (χ3v) is 5.96. The van der Waals surface area contributed by atoms with Crippen LogP contribution in [0.15, 0.2) is 55.1 Å². The molecule has 0 amide bonds. The molecule has 0 saturated heterocycles. The molecule has 9 nitrogen and oxygen atoms in total.